The van der Waals surface area contributed by atoms with Gasteiger partial charge in [-0.15, -0.1) is 0 Å². The number of hydrogen-bond acceptors (Lipinski definition) is 4. The van der Waals surface area contributed by atoms with Crippen LogP contribution in [0.4, 0.5) is 5.69 Å². The van der Waals surface area contributed by atoms with E-state index >= 15 is 0 Å². The molecule has 7 nitrogen and oxygen atoms in total. The van der Waals surface area contributed by atoms with Gasteiger partial charge in [-0.3, -0.25) is 19.6 Å². The summed E-state index contributed by atoms with van der Waals surface area (Å²) >= 11 is 0. The average Bonchev–Trinajstić information content (AvgIpc) is 3.24. The quantitative estimate of drug-likeness (QED) is 0.127. The van der Waals surface area contributed by atoms with Crippen molar-refractivity contribution in [3.05, 3.63) is 22.5 Å². The minimum absolute atomic E-state index is 0.0240. The Morgan fingerprint density at radius 3 is 1.84 bits per heavy atom. The predicted octanol–water partition coefficient (Wildman–Crippen LogP) is 6.81. The maximum Gasteiger partial charge on any atom is 0.306 e. The summed E-state index contributed by atoms with van der Waals surface area (Å²) in [5, 5.41) is 17.6. The van der Waals surface area contributed by atoms with Crippen LogP contribution >= 0.6 is 0 Å². The van der Waals surface area contributed by atoms with Crippen molar-refractivity contribution in [1.29, 1.82) is 0 Å². The zero-order valence-electron chi connectivity index (χ0n) is 20.5. The van der Waals surface area contributed by atoms with Crippen LogP contribution in [0, 0.1) is 16.0 Å². The molecule has 1 atom stereocenters. The lowest BCUT2D eigenvalue weighted by atomic mass is 10.0. The normalized spacial score (nSPS) is 12.1. The van der Waals surface area contributed by atoms with E-state index in [-0.39, 0.29) is 17.5 Å². The molecule has 0 fully saturated rings. The fourth-order valence-electron chi connectivity index (χ4n) is 3.97. The third-order valence-electron chi connectivity index (χ3n) is 6.07. The highest BCUT2D eigenvalue weighted by atomic mass is 16.6. The first-order valence-electron chi connectivity index (χ1n) is 13.0. The summed E-state index contributed by atoms with van der Waals surface area (Å²) < 4.78 is 1.46. The highest BCUT2D eigenvalue weighted by Gasteiger charge is 2.15. The van der Waals surface area contributed by atoms with Crippen LogP contribution in [0.15, 0.2) is 12.4 Å². The van der Waals surface area contributed by atoms with Crippen molar-refractivity contribution in [2.24, 2.45) is 5.92 Å². The van der Waals surface area contributed by atoms with E-state index in [1.54, 1.807) is 0 Å². The van der Waals surface area contributed by atoms with Crippen molar-refractivity contribution in [2.75, 3.05) is 6.54 Å². The van der Waals surface area contributed by atoms with Crippen LogP contribution in [0.25, 0.3) is 0 Å². The van der Waals surface area contributed by atoms with Crippen LogP contribution in [0.2, 0.25) is 0 Å². The van der Waals surface area contributed by atoms with Gasteiger partial charge in [0, 0.05) is 6.54 Å². The number of carbonyl (C=O) groups is 1. The smallest absolute Gasteiger partial charge is 0.306 e. The van der Waals surface area contributed by atoms with Gasteiger partial charge in [0.2, 0.25) is 5.91 Å². The lowest BCUT2D eigenvalue weighted by Gasteiger charge is -2.12. The molecule has 1 heterocycles. The fraction of sp³-hybridized carbons (Fsp3) is 0.840. The average molecular weight is 451 g/mol. The largest absolute Gasteiger partial charge is 0.356 e. The van der Waals surface area contributed by atoms with Gasteiger partial charge in [-0.1, -0.05) is 110 Å². The Bertz CT molecular complexity index is 618. The summed E-state index contributed by atoms with van der Waals surface area (Å²) in [7, 11) is 0. The highest BCUT2D eigenvalue weighted by molar-refractivity contribution is 5.78. The standard InChI is InChI=1S/C25H46N4O3/c1-3-4-5-6-7-8-9-10-11-12-13-14-15-16-17-18-19-26-25(30)23(2)21-28-22-24(20-27-28)29(31)32/h20,22-23H,3-19,21H2,1-2H3,(H,26,30). The van der Waals surface area contributed by atoms with Crippen LogP contribution < -0.4 is 5.32 Å². The molecular formula is C25H46N4O3. The number of hydrogen-bond donors (Lipinski definition) is 1. The van der Waals surface area contributed by atoms with E-state index in [0.717, 1.165) is 12.8 Å². The van der Waals surface area contributed by atoms with Crippen LogP contribution in [0.5, 0.6) is 0 Å². The van der Waals surface area contributed by atoms with E-state index in [9.17, 15) is 14.9 Å². The summed E-state index contributed by atoms with van der Waals surface area (Å²) in [4.78, 5) is 22.4. The molecule has 7 heteroatoms. The molecular weight excluding hydrogens is 404 g/mol. The molecule has 0 saturated heterocycles. The molecule has 0 saturated carbocycles. The van der Waals surface area contributed by atoms with Gasteiger partial charge in [-0.05, 0) is 6.42 Å². The van der Waals surface area contributed by atoms with E-state index in [1.807, 2.05) is 6.92 Å². The molecule has 0 radical (unpaired) electrons. The van der Waals surface area contributed by atoms with Crippen LogP contribution in [0.3, 0.4) is 0 Å². The summed E-state index contributed by atoms with van der Waals surface area (Å²) in [5.74, 6) is -0.292. The Hall–Kier alpha value is -1.92. The van der Waals surface area contributed by atoms with E-state index in [2.05, 4.69) is 17.3 Å². The Labute approximate surface area is 194 Å². The molecule has 1 aromatic rings. The van der Waals surface area contributed by atoms with Crippen molar-refractivity contribution in [3.63, 3.8) is 0 Å². The number of nitrogens with one attached hydrogen (secondary N) is 1. The fourth-order valence-corrected chi connectivity index (χ4v) is 3.97. The number of nitro groups is 1. The first-order chi connectivity index (χ1) is 15.5. The second kappa shape index (κ2) is 18.6. The minimum atomic E-state index is -0.481. The number of amides is 1. The third kappa shape index (κ3) is 14.2. The highest BCUT2D eigenvalue weighted by Crippen LogP contribution is 2.14. The number of carbonyl (C=O) groups excluding carboxylic acids is 1. The summed E-state index contributed by atoms with van der Waals surface area (Å²) in [6, 6.07) is 0. The molecule has 0 aromatic carbocycles. The monoisotopic (exact) mass is 450 g/mol. The van der Waals surface area contributed by atoms with Gasteiger partial charge in [0.1, 0.15) is 12.4 Å². The van der Waals surface area contributed by atoms with Crippen molar-refractivity contribution in [2.45, 2.75) is 123 Å². The number of aromatic nitrogens is 2. The van der Waals surface area contributed by atoms with Gasteiger partial charge in [0.25, 0.3) is 0 Å². The zero-order chi connectivity index (χ0) is 23.4. The van der Waals surface area contributed by atoms with Crippen molar-refractivity contribution in [3.8, 4) is 0 Å². The molecule has 32 heavy (non-hydrogen) atoms. The molecule has 0 aliphatic rings. The van der Waals surface area contributed by atoms with Gasteiger partial charge >= 0.3 is 5.69 Å². The number of unbranched alkanes of at least 4 members (excludes halogenated alkanes) is 15. The molecule has 0 bridgehead atoms. The minimum Gasteiger partial charge on any atom is -0.356 e. The molecule has 184 valence electrons. The summed E-state index contributed by atoms with van der Waals surface area (Å²) in [6.45, 7) is 5.13. The van der Waals surface area contributed by atoms with Crippen molar-refractivity contribution in [1.82, 2.24) is 15.1 Å². The Balaban J connectivity index is 1.87. The van der Waals surface area contributed by atoms with Gasteiger partial charge in [0.15, 0.2) is 0 Å². The van der Waals surface area contributed by atoms with E-state index < -0.39 is 4.92 Å². The summed E-state index contributed by atoms with van der Waals surface area (Å²) in [6.07, 6.45) is 24.0. The molecule has 0 aliphatic heterocycles. The summed E-state index contributed by atoms with van der Waals surface area (Å²) in [5.41, 5.74) is -0.0502. The predicted molar refractivity (Wildman–Crippen MR) is 131 cm³/mol. The maximum atomic E-state index is 12.2. The lowest BCUT2D eigenvalue weighted by Crippen LogP contribution is -2.32. The van der Waals surface area contributed by atoms with Crippen molar-refractivity contribution >= 4 is 11.6 Å². The second-order valence-corrected chi connectivity index (χ2v) is 9.17. The van der Waals surface area contributed by atoms with Crippen LogP contribution in [0.1, 0.15) is 117 Å². The Morgan fingerprint density at radius 1 is 0.938 bits per heavy atom. The third-order valence-corrected chi connectivity index (χ3v) is 6.07. The van der Waals surface area contributed by atoms with Crippen LogP contribution in [-0.2, 0) is 11.3 Å². The van der Waals surface area contributed by atoms with Crippen molar-refractivity contribution < 1.29 is 9.72 Å². The number of rotatable bonds is 21. The topological polar surface area (TPSA) is 90.1 Å². The van der Waals surface area contributed by atoms with Gasteiger partial charge in [0.05, 0.1) is 17.4 Å². The molecule has 0 aliphatic carbocycles. The molecule has 1 aromatic heterocycles. The van der Waals surface area contributed by atoms with Gasteiger partial charge in [-0.25, -0.2) is 0 Å². The molecule has 1 amide bonds. The first-order valence-corrected chi connectivity index (χ1v) is 13.0. The van der Waals surface area contributed by atoms with E-state index in [4.69, 9.17) is 0 Å². The van der Waals surface area contributed by atoms with E-state index in [0.29, 0.717) is 13.1 Å². The second-order valence-electron chi connectivity index (χ2n) is 9.17. The van der Waals surface area contributed by atoms with Gasteiger partial charge < -0.3 is 5.32 Å². The SMILES string of the molecule is CCCCCCCCCCCCCCCCCCNC(=O)C(C)Cn1cc([N+](=O)[O-])cn1. The molecule has 0 spiro atoms. The Kier molecular flexibility index (Phi) is 16.4. The number of nitrogens with zero attached hydrogens (tertiary/aromatic N) is 3. The zero-order valence-corrected chi connectivity index (χ0v) is 20.5. The van der Waals surface area contributed by atoms with E-state index in [1.165, 1.54) is 107 Å². The molecule has 1 rings (SSSR count). The molecule has 1 N–H and O–H groups in total. The lowest BCUT2D eigenvalue weighted by molar-refractivity contribution is -0.385. The molecule has 1 unspecified atom stereocenters. The van der Waals surface area contributed by atoms with Crippen LogP contribution in [-0.4, -0.2) is 27.2 Å². The maximum absolute atomic E-state index is 12.2. The Morgan fingerprint density at radius 2 is 1.41 bits per heavy atom. The first kappa shape index (κ1) is 28.1. The van der Waals surface area contributed by atoms with Gasteiger partial charge in [-0.2, -0.15) is 5.10 Å².